The molecule has 2 atom stereocenters. The minimum absolute atomic E-state index is 0.0135. The van der Waals surface area contributed by atoms with E-state index >= 15 is 8.78 Å². The van der Waals surface area contributed by atoms with Crippen LogP contribution in [0.15, 0.2) is 48.8 Å². The molecule has 0 radical (unpaired) electrons. The maximum Gasteiger partial charge on any atom is 0.319 e. The lowest BCUT2D eigenvalue weighted by molar-refractivity contribution is -0.131. The van der Waals surface area contributed by atoms with Gasteiger partial charge in [-0.25, -0.2) is 24.1 Å². The molecule has 2 fully saturated rings. The number of likely N-dealkylation sites (tertiary alicyclic amines) is 1. The van der Waals surface area contributed by atoms with Gasteiger partial charge in [-0.05, 0) is 49.5 Å². The minimum atomic E-state index is -1.14. The summed E-state index contributed by atoms with van der Waals surface area (Å²) in [5, 5.41) is 0.394. The number of halogens is 5. The molecule has 0 aliphatic carbocycles. The van der Waals surface area contributed by atoms with Crippen molar-refractivity contribution in [3.05, 3.63) is 82.7 Å². The molecule has 3 aromatic carbocycles. The van der Waals surface area contributed by atoms with Crippen LogP contribution in [0.5, 0.6) is 6.01 Å². The van der Waals surface area contributed by atoms with Crippen LogP contribution < -0.4 is 9.64 Å². The second-order valence-corrected chi connectivity index (χ2v) is 11.8. The lowest BCUT2D eigenvalue weighted by Gasteiger charge is -2.39. The molecule has 2 saturated heterocycles. The monoisotopic (exact) mass is 652 g/mol. The summed E-state index contributed by atoms with van der Waals surface area (Å²) < 4.78 is 67.1. The van der Waals surface area contributed by atoms with Crippen LogP contribution in [0.3, 0.4) is 0 Å². The van der Waals surface area contributed by atoms with E-state index in [2.05, 4.69) is 26.3 Å². The molecule has 8 nitrogen and oxygen atoms in total. The van der Waals surface area contributed by atoms with Crippen molar-refractivity contribution in [1.29, 1.82) is 0 Å². The van der Waals surface area contributed by atoms with E-state index in [0.717, 1.165) is 25.5 Å². The van der Waals surface area contributed by atoms with Crippen molar-refractivity contribution in [1.82, 2.24) is 19.8 Å². The number of likely N-dealkylation sites (N-methyl/N-ethyl adjacent to an activating group) is 1. The molecule has 0 spiro atoms. The van der Waals surface area contributed by atoms with E-state index in [0.29, 0.717) is 5.39 Å². The van der Waals surface area contributed by atoms with Gasteiger partial charge in [0.15, 0.2) is 11.6 Å². The number of ether oxygens (including phenoxy) is 1. The first-order valence-corrected chi connectivity index (χ1v) is 15.1. The predicted molar refractivity (Wildman–Crippen MR) is 168 cm³/mol. The van der Waals surface area contributed by atoms with Gasteiger partial charge in [0.25, 0.3) is 5.91 Å². The minimum Gasteiger partial charge on any atom is -0.462 e. The number of carbonyl (C=O) groups is 1. The summed E-state index contributed by atoms with van der Waals surface area (Å²) in [6.07, 6.45) is 1.89. The Morgan fingerprint density at radius 1 is 1.13 bits per heavy atom. The fourth-order valence-electron chi connectivity index (χ4n) is 6.32. The fraction of sp³-hybridized carbons (Fsp3) is 0.333. The Kier molecular flexibility index (Phi) is 8.72. The van der Waals surface area contributed by atoms with Crippen molar-refractivity contribution >= 4 is 45.0 Å². The number of fused-ring (bicyclic) bond motifs is 2. The summed E-state index contributed by atoms with van der Waals surface area (Å²) in [5.41, 5.74) is -0.637. The van der Waals surface area contributed by atoms with Crippen molar-refractivity contribution in [2.45, 2.75) is 24.9 Å². The number of aromatic nitrogens is 2. The van der Waals surface area contributed by atoms with Crippen LogP contribution in [-0.4, -0.2) is 84.1 Å². The number of benzene rings is 3. The number of hydrogen-bond donors (Lipinski definition) is 0. The van der Waals surface area contributed by atoms with E-state index in [4.69, 9.17) is 22.9 Å². The Labute approximate surface area is 267 Å². The van der Waals surface area contributed by atoms with Crippen molar-refractivity contribution in [2.75, 3.05) is 51.3 Å². The molecule has 2 aliphatic heterocycles. The van der Waals surface area contributed by atoms with Crippen LogP contribution in [0.1, 0.15) is 12.8 Å². The van der Waals surface area contributed by atoms with Crippen LogP contribution >= 0.6 is 11.6 Å². The number of anilines is 1. The van der Waals surface area contributed by atoms with Crippen molar-refractivity contribution in [3.8, 4) is 17.1 Å². The van der Waals surface area contributed by atoms with Gasteiger partial charge in [-0.1, -0.05) is 42.4 Å². The highest BCUT2D eigenvalue weighted by Gasteiger charge is 2.36. The van der Waals surface area contributed by atoms with Gasteiger partial charge < -0.3 is 24.3 Å². The third-order valence-corrected chi connectivity index (χ3v) is 9.07. The first kappa shape index (κ1) is 31.5. The average Bonchev–Trinajstić information content (AvgIpc) is 3.45. The molecule has 4 aromatic rings. The highest BCUT2D eigenvalue weighted by molar-refractivity contribution is 6.37. The van der Waals surface area contributed by atoms with Gasteiger partial charge in [-0.15, -0.1) is 0 Å². The Balaban J connectivity index is 1.50. The Morgan fingerprint density at radius 3 is 2.65 bits per heavy atom. The van der Waals surface area contributed by atoms with E-state index < -0.39 is 40.8 Å². The van der Waals surface area contributed by atoms with E-state index in [9.17, 15) is 13.6 Å². The second kappa shape index (κ2) is 12.7. The van der Waals surface area contributed by atoms with Gasteiger partial charge in [0.05, 0.1) is 10.6 Å². The van der Waals surface area contributed by atoms with Crippen molar-refractivity contribution < 1.29 is 27.1 Å². The quantitative estimate of drug-likeness (QED) is 0.131. The number of rotatable bonds is 7. The molecule has 1 aromatic heterocycles. The molecule has 1 amide bonds. The lowest BCUT2D eigenvalue weighted by atomic mass is 9.96. The molecule has 0 unspecified atom stereocenters. The first-order valence-electron chi connectivity index (χ1n) is 14.7. The molecule has 13 heteroatoms. The number of hydrogen-bond acceptors (Lipinski definition) is 6. The van der Waals surface area contributed by atoms with Gasteiger partial charge >= 0.3 is 6.01 Å². The smallest absolute Gasteiger partial charge is 0.319 e. The largest absolute Gasteiger partial charge is 0.462 e. The van der Waals surface area contributed by atoms with Gasteiger partial charge in [0, 0.05) is 36.4 Å². The van der Waals surface area contributed by atoms with E-state index in [1.165, 1.54) is 23.1 Å². The van der Waals surface area contributed by atoms with Crippen LogP contribution in [0.2, 0.25) is 5.02 Å². The third kappa shape index (κ3) is 5.69. The standard InChI is InChI=1S/C33H29ClF4N6O2/c1-18(35)32(45)44-13-12-43(16-21(44)15-39-2)31-23-14-25(37)27(22-8-4-6-19-9-10-24(36)28(34)26(19)22)29(38)30(23)40-33(41-31)46-17-20-7-5-11-42(20)3/h4,6,8-10,14,20-21H,1,5,7,11-13,15-17H2,3H3/t20-,21-/m0/s1. The summed E-state index contributed by atoms with van der Waals surface area (Å²) in [6.45, 7) is 11.6. The predicted octanol–water partition coefficient (Wildman–Crippen LogP) is 6.41. The topological polar surface area (TPSA) is 66.2 Å². The number of amides is 1. The summed E-state index contributed by atoms with van der Waals surface area (Å²) in [6, 6.07) is 7.70. The Hall–Kier alpha value is -4.47. The highest BCUT2D eigenvalue weighted by atomic mass is 35.5. The molecule has 3 heterocycles. The van der Waals surface area contributed by atoms with E-state index in [1.54, 1.807) is 17.0 Å². The molecule has 46 heavy (non-hydrogen) atoms. The zero-order valence-corrected chi connectivity index (χ0v) is 25.6. The third-order valence-electron chi connectivity index (χ3n) is 8.70. The van der Waals surface area contributed by atoms with Gasteiger partial charge in [0.1, 0.15) is 35.6 Å². The molecule has 2 aliphatic rings. The van der Waals surface area contributed by atoms with Crippen molar-refractivity contribution in [3.63, 3.8) is 0 Å². The van der Waals surface area contributed by atoms with Gasteiger partial charge in [-0.2, -0.15) is 9.97 Å². The maximum absolute atomic E-state index is 16.7. The van der Waals surface area contributed by atoms with Crippen LogP contribution in [0.4, 0.5) is 23.4 Å². The summed E-state index contributed by atoms with van der Waals surface area (Å²) in [7, 11) is 1.98. The molecule has 0 saturated carbocycles. The van der Waals surface area contributed by atoms with E-state index in [1.807, 2.05) is 7.05 Å². The fourth-order valence-corrected chi connectivity index (χ4v) is 6.60. The molecule has 0 bridgehead atoms. The Bertz CT molecular complexity index is 1920. The molecular weight excluding hydrogens is 624 g/mol. The number of carbonyl (C=O) groups excluding carboxylic acids is 1. The zero-order valence-electron chi connectivity index (χ0n) is 24.9. The van der Waals surface area contributed by atoms with Crippen molar-refractivity contribution in [2.24, 2.45) is 0 Å². The lowest BCUT2D eigenvalue weighted by Crippen LogP contribution is -2.56. The highest BCUT2D eigenvalue weighted by Crippen LogP contribution is 2.41. The molecular formula is C33H29ClF4N6O2. The second-order valence-electron chi connectivity index (χ2n) is 11.5. The van der Waals surface area contributed by atoms with Gasteiger partial charge in [-0.3, -0.25) is 4.79 Å². The normalized spacial score (nSPS) is 18.7. The molecule has 0 N–H and O–H groups in total. The Morgan fingerprint density at radius 2 is 1.93 bits per heavy atom. The molecule has 238 valence electrons. The summed E-state index contributed by atoms with van der Waals surface area (Å²) in [5.74, 6) is -4.64. The summed E-state index contributed by atoms with van der Waals surface area (Å²) in [4.78, 5) is 29.9. The van der Waals surface area contributed by atoms with Gasteiger partial charge in [0.2, 0.25) is 6.54 Å². The number of nitrogens with zero attached hydrogens (tertiary/aromatic N) is 6. The van der Waals surface area contributed by atoms with Crippen LogP contribution in [-0.2, 0) is 4.79 Å². The van der Waals surface area contributed by atoms with Crippen LogP contribution in [0, 0.1) is 24.0 Å². The number of piperazine rings is 1. The average molecular weight is 653 g/mol. The van der Waals surface area contributed by atoms with Crippen LogP contribution in [0.25, 0.3) is 37.6 Å². The first-order chi connectivity index (χ1) is 22.1. The zero-order chi connectivity index (χ0) is 32.7. The summed E-state index contributed by atoms with van der Waals surface area (Å²) >= 11 is 6.31. The SMILES string of the molecule is [C-]#[N+]C[C@H]1CN(c2nc(OC[C@@H]3CCCN3C)nc3c(F)c(-c4cccc5ccc(F)c(Cl)c45)c(F)cc23)CCN1C(=O)C(=C)F. The maximum atomic E-state index is 16.7. The molecule has 6 rings (SSSR count). The van der Waals surface area contributed by atoms with E-state index in [-0.39, 0.29) is 77.5 Å².